The monoisotopic (exact) mass is 496 g/mol. The van der Waals surface area contributed by atoms with Crippen LogP contribution in [0.25, 0.3) is 0 Å². The number of carbonyl (C=O) groups is 1. The summed E-state index contributed by atoms with van der Waals surface area (Å²) in [5.41, 5.74) is -2.32. The zero-order chi connectivity index (χ0) is 25.0. The van der Waals surface area contributed by atoms with Gasteiger partial charge in [0.25, 0.3) is 0 Å². The zero-order valence-electron chi connectivity index (χ0n) is 19.4. The molecule has 0 bridgehead atoms. The maximum absolute atomic E-state index is 13.1. The average Bonchev–Trinajstić information content (AvgIpc) is 3.26. The average molecular weight is 497 g/mol. The molecular weight excluding hydrogens is 472 g/mol. The molecule has 0 aromatic heterocycles. The molecule has 3 aromatic rings. The maximum Gasteiger partial charge on any atom is 0.312 e. The second-order valence-electron chi connectivity index (χ2n) is 8.70. The second-order valence-corrected chi connectivity index (χ2v) is 9.10. The van der Waals surface area contributed by atoms with E-state index >= 15 is 0 Å². The number of halogens is 1. The van der Waals surface area contributed by atoms with Gasteiger partial charge in [0.15, 0.2) is 11.2 Å². The van der Waals surface area contributed by atoms with E-state index in [2.05, 4.69) is 0 Å². The Morgan fingerprint density at radius 3 is 2.23 bits per heavy atom. The van der Waals surface area contributed by atoms with Crippen LogP contribution < -0.4 is 14.2 Å². The Bertz CT molecular complexity index is 1260. The van der Waals surface area contributed by atoms with Crippen molar-refractivity contribution >= 4 is 17.6 Å². The van der Waals surface area contributed by atoms with Crippen LogP contribution in [0.2, 0.25) is 5.02 Å². The van der Waals surface area contributed by atoms with Gasteiger partial charge in [0.05, 0.1) is 37.8 Å². The molecule has 0 amide bonds. The van der Waals surface area contributed by atoms with E-state index in [0.717, 1.165) is 0 Å². The molecule has 1 aliphatic heterocycles. The molecule has 5 rings (SSSR count). The number of benzene rings is 3. The van der Waals surface area contributed by atoms with Crippen LogP contribution in [0.4, 0.5) is 0 Å². The molecule has 0 unspecified atom stereocenters. The molecule has 1 aliphatic carbocycles. The Balaban J connectivity index is 1.87. The Kier molecular flexibility index (Phi) is 5.67. The first kappa shape index (κ1) is 23.5. The number of hydrogen-bond acceptors (Lipinski definition) is 7. The lowest BCUT2D eigenvalue weighted by molar-refractivity contribution is -0.161. The molecular formula is C27H25ClO7. The van der Waals surface area contributed by atoms with Gasteiger partial charge in [-0.2, -0.15) is 0 Å². The van der Waals surface area contributed by atoms with Crippen LogP contribution in [0.3, 0.4) is 0 Å². The van der Waals surface area contributed by atoms with Gasteiger partial charge in [-0.1, -0.05) is 54.1 Å². The third-order valence-corrected chi connectivity index (χ3v) is 7.50. The van der Waals surface area contributed by atoms with Gasteiger partial charge in [-0.25, -0.2) is 0 Å². The summed E-state index contributed by atoms with van der Waals surface area (Å²) in [6.45, 7) is 0. The topological polar surface area (TPSA) is 94.5 Å². The number of ether oxygens (including phenoxy) is 4. The van der Waals surface area contributed by atoms with E-state index < -0.39 is 35.1 Å². The van der Waals surface area contributed by atoms with E-state index in [1.165, 1.54) is 14.2 Å². The van der Waals surface area contributed by atoms with Gasteiger partial charge < -0.3 is 29.2 Å². The molecule has 2 aliphatic rings. The lowest BCUT2D eigenvalue weighted by Gasteiger charge is -2.40. The van der Waals surface area contributed by atoms with E-state index in [1.807, 2.05) is 30.3 Å². The fraction of sp³-hybridized carbons (Fsp3) is 0.296. The molecule has 7 nitrogen and oxygen atoms in total. The predicted molar refractivity (Wildman–Crippen MR) is 128 cm³/mol. The molecule has 35 heavy (non-hydrogen) atoms. The number of carbonyl (C=O) groups excluding carboxylic acids is 1. The number of fused-ring (bicyclic) bond motifs is 3. The van der Waals surface area contributed by atoms with Crippen LogP contribution in [0.1, 0.15) is 22.6 Å². The van der Waals surface area contributed by atoms with Crippen LogP contribution in [0.15, 0.2) is 66.7 Å². The first-order chi connectivity index (χ1) is 16.8. The van der Waals surface area contributed by atoms with Gasteiger partial charge in [-0.15, -0.1) is 0 Å². The maximum atomic E-state index is 13.1. The number of aliphatic hydroxyl groups is 2. The third kappa shape index (κ3) is 3.08. The number of esters is 1. The first-order valence-electron chi connectivity index (χ1n) is 11.1. The van der Waals surface area contributed by atoms with Crippen LogP contribution in [0.5, 0.6) is 17.2 Å². The summed E-state index contributed by atoms with van der Waals surface area (Å²) in [6.07, 6.45) is -1.60. The van der Waals surface area contributed by atoms with E-state index in [1.54, 1.807) is 43.5 Å². The Labute approximate surface area is 207 Å². The number of hydrogen-bond donors (Lipinski definition) is 2. The van der Waals surface area contributed by atoms with Crippen molar-refractivity contribution < 1.29 is 34.0 Å². The number of aliphatic hydroxyl groups excluding tert-OH is 1. The highest BCUT2D eigenvalue weighted by atomic mass is 35.5. The summed E-state index contributed by atoms with van der Waals surface area (Å²) in [7, 11) is 4.30. The van der Waals surface area contributed by atoms with Crippen molar-refractivity contribution in [2.45, 2.75) is 23.2 Å². The molecule has 1 heterocycles. The van der Waals surface area contributed by atoms with E-state index in [9.17, 15) is 15.0 Å². The van der Waals surface area contributed by atoms with Crippen molar-refractivity contribution in [2.75, 3.05) is 21.3 Å². The fourth-order valence-electron chi connectivity index (χ4n) is 5.73. The summed E-state index contributed by atoms with van der Waals surface area (Å²) >= 11 is 6.66. The molecule has 2 N–H and O–H groups in total. The molecule has 3 aromatic carbocycles. The van der Waals surface area contributed by atoms with Gasteiger partial charge in [-0.3, -0.25) is 4.79 Å². The van der Waals surface area contributed by atoms with Crippen LogP contribution in [-0.2, 0) is 20.7 Å². The van der Waals surface area contributed by atoms with Crippen LogP contribution >= 0.6 is 11.6 Å². The Morgan fingerprint density at radius 2 is 1.63 bits per heavy atom. The molecule has 0 saturated heterocycles. The van der Waals surface area contributed by atoms with Crippen molar-refractivity contribution in [3.63, 3.8) is 0 Å². The van der Waals surface area contributed by atoms with E-state index in [-0.39, 0.29) is 16.3 Å². The quantitative estimate of drug-likeness (QED) is 0.519. The largest absolute Gasteiger partial charge is 0.497 e. The molecule has 1 saturated carbocycles. The fourth-order valence-corrected chi connectivity index (χ4v) is 6.07. The Hall–Kier alpha value is -3.26. The molecule has 0 spiro atoms. The van der Waals surface area contributed by atoms with Gasteiger partial charge in [-0.05, 0) is 29.3 Å². The minimum Gasteiger partial charge on any atom is -0.497 e. The normalized spacial score (nSPS) is 28.6. The van der Waals surface area contributed by atoms with Crippen LogP contribution in [-0.4, -0.2) is 43.6 Å². The van der Waals surface area contributed by atoms with Gasteiger partial charge in [0.2, 0.25) is 0 Å². The highest BCUT2D eigenvalue weighted by molar-refractivity contribution is 6.32. The minimum absolute atomic E-state index is 0.147. The summed E-state index contributed by atoms with van der Waals surface area (Å²) in [5, 5.41) is 24.4. The minimum atomic E-state index is -2.10. The molecule has 8 heteroatoms. The third-order valence-electron chi connectivity index (χ3n) is 7.20. The van der Waals surface area contributed by atoms with Crippen molar-refractivity contribution in [3.8, 4) is 17.2 Å². The van der Waals surface area contributed by atoms with Crippen molar-refractivity contribution in [2.24, 2.45) is 5.92 Å². The van der Waals surface area contributed by atoms with Gasteiger partial charge in [0, 0.05) is 12.0 Å². The standard InChI is InChI=1S/C27H25ClO7/c1-32-17-11-9-16(10-12-17)27-22(15-7-5-4-6-8-15)21(25(30)34-3)24(29)26(27,31)23-19(28)13-18(33-2)14-20(23)35-27/h4-14,21-22,24,29,31H,1-3H3/t21-,22-,24-,26+,27+/m1/s1. The molecule has 5 atom stereocenters. The van der Waals surface area contributed by atoms with Crippen molar-refractivity contribution in [1.29, 1.82) is 0 Å². The SMILES string of the molecule is COC(=O)[C@H]1[C@@H](O)[C@@]2(O)c3c(Cl)cc(OC)cc3O[C@@]2(c2ccc(OC)cc2)[C@@H]1c1ccccc1. The van der Waals surface area contributed by atoms with Crippen molar-refractivity contribution in [3.05, 3.63) is 88.4 Å². The summed E-state index contributed by atoms with van der Waals surface area (Å²) in [6, 6.07) is 19.3. The van der Waals surface area contributed by atoms with Gasteiger partial charge >= 0.3 is 5.97 Å². The lowest BCUT2D eigenvalue weighted by Crippen LogP contribution is -2.52. The zero-order valence-corrected chi connectivity index (χ0v) is 20.2. The molecule has 1 fully saturated rings. The summed E-state index contributed by atoms with van der Waals surface area (Å²) in [4.78, 5) is 13.1. The molecule has 182 valence electrons. The van der Waals surface area contributed by atoms with E-state index in [4.69, 9.17) is 30.5 Å². The second kappa shape index (κ2) is 8.45. The van der Waals surface area contributed by atoms with E-state index in [0.29, 0.717) is 22.6 Å². The van der Waals surface area contributed by atoms with Gasteiger partial charge in [0.1, 0.15) is 23.4 Å². The smallest absolute Gasteiger partial charge is 0.312 e. The number of rotatable bonds is 5. The summed E-state index contributed by atoms with van der Waals surface area (Å²) in [5.74, 6) is -1.37. The van der Waals surface area contributed by atoms with Crippen LogP contribution in [0, 0.1) is 5.92 Å². The highest BCUT2D eigenvalue weighted by Crippen LogP contribution is 2.69. The predicted octanol–water partition coefficient (Wildman–Crippen LogP) is 3.78. The highest BCUT2D eigenvalue weighted by Gasteiger charge is 2.78. The molecule has 0 radical (unpaired) electrons. The number of methoxy groups -OCH3 is 3. The van der Waals surface area contributed by atoms with Crippen molar-refractivity contribution in [1.82, 2.24) is 0 Å². The Morgan fingerprint density at radius 1 is 0.971 bits per heavy atom. The lowest BCUT2D eigenvalue weighted by atomic mass is 9.70. The summed E-state index contributed by atoms with van der Waals surface area (Å²) < 4.78 is 22.4. The first-order valence-corrected chi connectivity index (χ1v) is 11.5.